The van der Waals surface area contributed by atoms with Crippen LogP contribution in [-0.2, 0) is 0 Å². The van der Waals surface area contributed by atoms with Gasteiger partial charge >= 0.3 is 0 Å². The highest BCUT2D eigenvalue weighted by Gasteiger charge is 2.49. The number of aliphatic hydroxyl groups excluding tert-OH is 1. The molecule has 2 atom stereocenters. The number of hydrogen-bond acceptors (Lipinski definition) is 4. The van der Waals surface area contributed by atoms with Crippen molar-refractivity contribution in [1.29, 1.82) is 5.26 Å². The molecule has 0 aromatic carbocycles. The molecule has 84 valence electrons. The number of nitrogens with one attached hydrogen (secondary N) is 1. The summed E-state index contributed by atoms with van der Waals surface area (Å²) in [5.41, 5.74) is -0.342. The molecule has 0 bridgehead atoms. The highest BCUT2D eigenvalue weighted by molar-refractivity contribution is 5.19. The molecule has 4 nitrogen and oxygen atoms in total. The lowest BCUT2D eigenvalue weighted by Crippen LogP contribution is -2.52. The molecular formula is C11H19N3O. The number of nitriles is 1. The lowest BCUT2D eigenvalue weighted by Gasteiger charge is -2.29. The smallest absolute Gasteiger partial charge is 0.123 e. The van der Waals surface area contributed by atoms with Crippen molar-refractivity contribution < 1.29 is 5.11 Å². The van der Waals surface area contributed by atoms with Crippen LogP contribution in [0.5, 0.6) is 0 Å². The number of rotatable bonds is 4. The van der Waals surface area contributed by atoms with Crippen molar-refractivity contribution >= 4 is 0 Å². The topological polar surface area (TPSA) is 59.3 Å². The Bertz CT molecular complexity index is 263. The zero-order chi connectivity index (χ0) is 10.7. The van der Waals surface area contributed by atoms with Gasteiger partial charge < -0.3 is 5.11 Å². The van der Waals surface area contributed by atoms with Crippen molar-refractivity contribution in [3.8, 4) is 6.07 Å². The van der Waals surface area contributed by atoms with Gasteiger partial charge in [-0.25, -0.2) is 0 Å². The van der Waals surface area contributed by atoms with E-state index in [1.54, 1.807) is 0 Å². The van der Waals surface area contributed by atoms with Crippen LogP contribution in [0.4, 0.5) is 0 Å². The summed E-state index contributed by atoms with van der Waals surface area (Å²) in [6, 6.07) is 2.88. The summed E-state index contributed by atoms with van der Waals surface area (Å²) < 4.78 is 0. The van der Waals surface area contributed by atoms with Crippen LogP contribution in [0, 0.1) is 11.3 Å². The Morgan fingerprint density at radius 3 is 3.13 bits per heavy atom. The fraction of sp³-hybridized carbons (Fsp3) is 0.909. The van der Waals surface area contributed by atoms with E-state index >= 15 is 0 Å². The molecule has 2 saturated heterocycles. The SMILES string of the molecule is N#CC1(NCCCO)CCN2CCCC21. The average Bonchev–Trinajstić information content (AvgIpc) is 2.82. The van der Waals surface area contributed by atoms with Crippen LogP contribution < -0.4 is 5.32 Å². The van der Waals surface area contributed by atoms with Gasteiger partial charge in [-0.05, 0) is 38.8 Å². The molecule has 0 spiro atoms. The third-order valence-electron chi connectivity index (χ3n) is 3.70. The Hall–Kier alpha value is -0.630. The van der Waals surface area contributed by atoms with Gasteiger partial charge in [-0.2, -0.15) is 5.26 Å². The minimum Gasteiger partial charge on any atom is -0.396 e. The minimum absolute atomic E-state index is 0.197. The van der Waals surface area contributed by atoms with Gasteiger partial charge in [-0.1, -0.05) is 0 Å². The molecule has 2 fully saturated rings. The van der Waals surface area contributed by atoms with E-state index in [4.69, 9.17) is 5.11 Å². The lowest BCUT2D eigenvalue weighted by molar-refractivity contribution is 0.249. The second kappa shape index (κ2) is 4.48. The molecule has 0 radical (unpaired) electrons. The summed E-state index contributed by atoms with van der Waals surface area (Å²) in [7, 11) is 0. The Morgan fingerprint density at radius 1 is 1.53 bits per heavy atom. The van der Waals surface area contributed by atoms with Crippen molar-refractivity contribution in [3.63, 3.8) is 0 Å². The first-order valence-electron chi connectivity index (χ1n) is 5.83. The highest BCUT2D eigenvalue weighted by atomic mass is 16.3. The van der Waals surface area contributed by atoms with Gasteiger partial charge in [0.1, 0.15) is 5.54 Å². The maximum Gasteiger partial charge on any atom is 0.123 e. The van der Waals surface area contributed by atoms with Crippen LogP contribution in [0.2, 0.25) is 0 Å². The monoisotopic (exact) mass is 209 g/mol. The fourth-order valence-electron chi connectivity index (χ4n) is 2.91. The van der Waals surface area contributed by atoms with E-state index in [1.165, 1.54) is 6.42 Å². The highest BCUT2D eigenvalue weighted by Crippen LogP contribution is 2.35. The molecule has 0 aromatic heterocycles. The van der Waals surface area contributed by atoms with E-state index in [0.29, 0.717) is 6.04 Å². The van der Waals surface area contributed by atoms with Gasteiger partial charge in [0.25, 0.3) is 0 Å². The molecule has 0 amide bonds. The Balaban J connectivity index is 1.99. The predicted molar refractivity (Wildman–Crippen MR) is 57.3 cm³/mol. The van der Waals surface area contributed by atoms with Crippen LogP contribution in [0.15, 0.2) is 0 Å². The van der Waals surface area contributed by atoms with Crippen molar-refractivity contribution in [2.45, 2.75) is 37.3 Å². The van der Waals surface area contributed by atoms with Crippen molar-refractivity contribution in [3.05, 3.63) is 0 Å². The van der Waals surface area contributed by atoms with E-state index < -0.39 is 0 Å². The Kier molecular flexibility index (Phi) is 3.25. The standard InChI is InChI=1S/C11H19N3O/c12-9-11(13-5-2-8-15)4-7-14-6-1-3-10(11)14/h10,13,15H,1-8H2. The quantitative estimate of drug-likeness (QED) is 0.644. The first-order valence-corrected chi connectivity index (χ1v) is 5.83. The Labute approximate surface area is 90.9 Å². The van der Waals surface area contributed by atoms with Crippen molar-refractivity contribution in [2.24, 2.45) is 0 Å². The Morgan fingerprint density at radius 2 is 2.40 bits per heavy atom. The largest absolute Gasteiger partial charge is 0.396 e. The summed E-state index contributed by atoms with van der Waals surface area (Å²) in [4.78, 5) is 2.43. The van der Waals surface area contributed by atoms with Gasteiger partial charge in [-0.3, -0.25) is 10.2 Å². The summed E-state index contributed by atoms with van der Waals surface area (Å²) in [5, 5.41) is 21.5. The zero-order valence-corrected chi connectivity index (χ0v) is 9.08. The third kappa shape index (κ3) is 1.87. The molecule has 15 heavy (non-hydrogen) atoms. The van der Waals surface area contributed by atoms with Crippen LogP contribution >= 0.6 is 0 Å². The maximum absolute atomic E-state index is 9.36. The normalized spacial score (nSPS) is 35.3. The van der Waals surface area contributed by atoms with Gasteiger partial charge in [0.2, 0.25) is 0 Å². The molecule has 2 N–H and O–H groups in total. The molecule has 2 aliphatic rings. The van der Waals surface area contributed by atoms with E-state index in [2.05, 4.69) is 16.3 Å². The van der Waals surface area contributed by atoms with E-state index in [0.717, 1.165) is 38.9 Å². The fourth-order valence-corrected chi connectivity index (χ4v) is 2.91. The summed E-state index contributed by atoms with van der Waals surface area (Å²) in [5.74, 6) is 0. The average molecular weight is 209 g/mol. The first kappa shape index (κ1) is 10.9. The summed E-state index contributed by atoms with van der Waals surface area (Å²) in [6.07, 6.45) is 4.02. The van der Waals surface area contributed by atoms with Gasteiger partial charge in [-0.15, -0.1) is 0 Å². The molecule has 0 aliphatic carbocycles. The van der Waals surface area contributed by atoms with E-state index in [-0.39, 0.29) is 12.1 Å². The summed E-state index contributed by atoms with van der Waals surface area (Å²) in [6.45, 7) is 3.14. The van der Waals surface area contributed by atoms with Gasteiger partial charge in [0, 0.05) is 19.2 Å². The van der Waals surface area contributed by atoms with Gasteiger partial charge in [0.15, 0.2) is 0 Å². The summed E-state index contributed by atoms with van der Waals surface area (Å²) >= 11 is 0. The lowest BCUT2D eigenvalue weighted by atomic mass is 9.90. The van der Waals surface area contributed by atoms with Crippen molar-refractivity contribution in [2.75, 3.05) is 26.2 Å². The second-order valence-electron chi connectivity index (χ2n) is 4.53. The number of hydrogen-bond donors (Lipinski definition) is 2. The second-order valence-corrected chi connectivity index (χ2v) is 4.53. The van der Waals surface area contributed by atoms with Crippen LogP contribution in [-0.4, -0.2) is 47.8 Å². The van der Waals surface area contributed by atoms with Crippen molar-refractivity contribution in [1.82, 2.24) is 10.2 Å². The number of fused-ring (bicyclic) bond motifs is 1. The van der Waals surface area contributed by atoms with E-state index in [1.807, 2.05) is 0 Å². The number of nitrogens with zero attached hydrogens (tertiary/aromatic N) is 2. The van der Waals surface area contributed by atoms with Crippen LogP contribution in [0.3, 0.4) is 0 Å². The van der Waals surface area contributed by atoms with E-state index in [9.17, 15) is 5.26 Å². The first-order chi connectivity index (χ1) is 7.32. The number of aliphatic hydroxyl groups is 1. The molecule has 4 heteroatoms. The molecule has 0 saturated carbocycles. The molecule has 2 heterocycles. The molecule has 2 unspecified atom stereocenters. The third-order valence-corrected chi connectivity index (χ3v) is 3.70. The molecule has 0 aromatic rings. The zero-order valence-electron chi connectivity index (χ0n) is 9.08. The maximum atomic E-state index is 9.36. The molecular weight excluding hydrogens is 190 g/mol. The molecule has 2 rings (SSSR count). The van der Waals surface area contributed by atoms with Crippen LogP contribution in [0.1, 0.15) is 25.7 Å². The van der Waals surface area contributed by atoms with Gasteiger partial charge in [0.05, 0.1) is 6.07 Å². The predicted octanol–water partition coefficient (Wildman–Crippen LogP) is 0.0889. The minimum atomic E-state index is -0.342. The molecule has 2 aliphatic heterocycles. The van der Waals surface area contributed by atoms with Crippen LogP contribution in [0.25, 0.3) is 0 Å².